The third-order valence-electron chi connectivity index (χ3n) is 0.980. The van der Waals surface area contributed by atoms with E-state index in [4.69, 9.17) is 0 Å². The average Bonchev–Trinajstić information content (AvgIpc) is 2.48. The van der Waals surface area contributed by atoms with Gasteiger partial charge in [-0.05, 0) is 41.6 Å². The molecule has 0 aromatic rings. The molecule has 0 saturated carbocycles. The first-order valence-corrected chi connectivity index (χ1v) is 7.83. The normalized spacial score (nSPS) is 23.8. The fraction of sp³-hybridized carbons (Fsp3) is 0.600. The summed E-state index contributed by atoms with van der Waals surface area (Å²) in [4.78, 5) is 1.54. The molecule has 1 aliphatic carbocycles. The van der Waals surface area contributed by atoms with Crippen LogP contribution in [-0.2, 0) is 0 Å². The molecule has 0 heterocycles. The van der Waals surface area contributed by atoms with Crippen LogP contribution in [0.2, 0.25) is 0 Å². The van der Waals surface area contributed by atoms with Gasteiger partial charge >= 0.3 is 0 Å². The van der Waals surface area contributed by atoms with Crippen molar-refractivity contribution in [1.29, 1.82) is 0 Å². The Balaban J connectivity index is 1.89. The van der Waals surface area contributed by atoms with Crippen LogP contribution in [0.5, 0.6) is 0 Å². The van der Waals surface area contributed by atoms with Crippen molar-refractivity contribution in [3.63, 3.8) is 0 Å². The molecule has 1 aliphatic rings. The molecule has 0 aromatic heterocycles. The number of hydrogen-bond donors (Lipinski definition) is 0. The van der Waals surface area contributed by atoms with Gasteiger partial charge in [-0.25, -0.2) is 0 Å². The lowest BCUT2D eigenvalue weighted by Gasteiger charge is -1.90. The third kappa shape index (κ3) is 3.16. The number of allylic oxidation sites excluding steroid dienone is 2. The van der Waals surface area contributed by atoms with Crippen LogP contribution in [0.3, 0.4) is 0 Å². The second kappa shape index (κ2) is 4.11. The van der Waals surface area contributed by atoms with E-state index in [1.807, 2.05) is 30.4 Å². The molecule has 0 aromatic carbocycles. The lowest BCUT2D eigenvalue weighted by molar-refractivity contribution is 1.08. The first-order chi connectivity index (χ1) is 4.34. The van der Waals surface area contributed by atoms with Gasteiger partial charge in [-0.2, -0.15) is 0 Å². The minimum atomic E-state index is 0.782. The van der Waals surface area contributed by atoms with E-state index in [0.29, 0.717) is 0 Å². The zero-order valence-electron chi connectivity index (χ0n) is 5.29. The molecule has 0 aliphatic heterocycles. The molecule has 1 rings (SSSR count). The number of hydrogen-bond acceptors (Lipinski definition) is 4. The predicted molar refractivity (Wildman–Crippen MR) is 53.5 cm³/mol. The summed E-state index contributed by atoms with van der Waals surface area (Å²) in [6, 6.07) is 0. The summed E-state index contributed by atoms with van der Waals surface area (Å²) in [5.74, 6) is 0.782. The van der Waals surface area contributed by atoms with Crippen molar-refractivity contribution >= 4 is 41.2 Å². The van der Waals surface area contributed by atoms with Crippen LogP contribution < -0.4 is 0 Å². The minimum absolute atomic E-state index is 0.782. The highest BCUT2D eigenvalue weighted by Gasteiger charge is 2.19. The lowest BCUT2D eigenvalue weighted by atomic mass is 10.5. The zero-order chi connectivity index (χ0) is 6.69. The van der Waals surface area contributed by atoms with Crippen molar-refractivity contribution in [3.05, 3.63) is 11.0 Å². The molecule has 0 nitrogen and oxygen atoms in total. The topological polar surface area (TPSA) is 0 Å². The molecule has 1 atom stereocenters. The van der Waals surface area contributed by atoms with E-state index in [1.54, 1.807) is 15.7 Å². The standard InChI is InChI=1S/C5H8S4/c1-4-3-5(4)7-9-8-6-2/h3-4H,1-2H3. The third-order valence-corrected chi connectivity index (χ3v) is 7.13. The summed E-state index contributed by atoms with van der Waals surface area (Å²) in [6.07, 6.45) is 4.39. The Morgan fingerprint density at radius 2 is 2.11 bits per heavy atom. The Morgan fingerprint density at radius 1 is 1.44 bits per heavy atom. The Morgan fingerprint density at radius 3 is 2.56 bits per heavy atom. The summed E-state index contributed by atoms with van der Waals surface area (Å²) < 4.78 is 0. The van der Waals surface area contributed by atoms with Crippen molar-refractivity contribution in [1.82, 2.24) is 0 Å². The maximum Gasteiger partial charge on any atom is 0.00668 e. The molecule has 0 bridgehead atoms. The summed E-state index contributed by atoms with van der Waals surface area (Å²) in [5, 5.41) is 0. The molecule has 0 fully saturated rings. The van der Waals surface area contributed by atoms with Gasteiger partial charge in [0.15, 0.2) is 0 Å². The molecular formula is C5H8S4. The van der Waals surface area contributed by atoms with E-state index in [-0.39, 0.29) is 0 Å². The highest BCUT2D eigenvalue weighted by molar-refractivity contribution is 9.26. The van der Waals surface area contributed by atoms with E-state index < -0.39 is 0 Å². The van der Waals surface area contributed by atoms with E-state index in [1.165, 1.54) is 0 Å². The largest absolute Gasteiger partial charge is 0.0852 e. The second-order valence-corrected chi connectivity index (χ2v) is 7.75. The first-order valence-electron chi connectivity index (χ1n) is 2.60. The van der Waals surface area contributed by atoms with Crippen molar-refractivity contribution in [2.24, 2.45) is 5.92 Å². The van der Waals surface area contributed by atoms with Gasteiger partial charge in [-0.15, -0.1) is 0 Å². The van der Waals surface area contributed by atoms with Crippen LogP contribution >= 0.6 is 41.2 Å². The van der Waals surface area contributed by atoms with E-state index in [2.05, 4.69) is 19.3 Å². The van der Waals surface area contributed by atoms with Crippen LogP contribution in [0.4, 0.5) is 0 Å². The Labute approximate surface area is 71.2 Å². The molecule has 0 amide bonds. The quantitative estimate of drug-likeness (QED) is 0.495. The number of rotatable bonds is 4. The van der Waals surface area contributed by atoms with Gasteiger partial charge in [0.05, 0.1) is 0 Å². The molecule has 0 spiro atoms. The summed E-state index contributed by atoms with van der Waals surface area (Å²) in [7, 11) is 7.39. The van der Waals surface area contributed by atoms with Gasteiger partial charge in [0.2, 0.25) is 0 Å². The fourth-order valence-corrected chi connectivity index (χ4v) is 5.77. The van der Waals surface area contributed by atoms with Crippen LogP contribution in [0.15, 0.2) is 11.0 Å². The second-order valence-electron chi connectivity index (χ2n) is 1.74. The molecule has 9 heavy (non-hydrogen) atoms. The van der Waals surface area contributed by atoms with Gasteiger partial charge in [-0.1, -0.05) is 23.8 Å². The summed E-state index contributed by atoms with van der Waals surface area (Å²) in [5.41, 5.74) is 0. The van der Waals surface area contributed by atoms with E-state index in [9.17, 15) is 0 Å². The van der Waals surface area contributed by atoms with Crippen molar-refractivity contribution in [3.8, 4) is 0 Å². The lowest BCUT2D eigenvalue weighted by Crippen LogP contribution is -1.58. The van der Waals surface area contributed by atoms with Crippen molar-refractivity contribution in [2.75, 3.05) is 6.26 Å². The zero-order valence-corrected chi connectivity index (χ0v) is 8.55. The summed E-state index contributed by atoms with van der Waals surface area (Å²) in [6.45, 7) is 2.23. The SMILES string of the molecule is CSSSSC1=CC1C. The predicted octanol–water partition coefficient (Wildman–Crippen LogP) is 3.83. The highest BCUT2D eigenvalue weighted by Crippen LogP contribution is 2.52. The fourth-order valence-electron chi connectivity index (χ4n) is 0.383. The van der Waals surface area contributed by atoms with Gasteiger partial charge in [0.1, 0.15) is 0 Å². The molecular weight excluding hydrogens is 188 g/mol. The smallest absolute Gasteiger partial charge is 0.00668 e. The van der Waals surface area contributed by atoms with Crippen molar-refractivity contribution in [2.45, 2.75) is 6.92 Å². The van der Waals surface area contributed by atoms with Crippen LogP contribution in [-0.4, -0.2) is 6.26 Å². The van der Waals surface area contributed by atoms with Crippen LogP contribution in [0, 0.1) is 5.92 Å². The Hall–Kier alpha value is 1.14. The van der Waals surface area contributed by atoms with Crippen molar-refractivity contribution < 1.29 is 0 Å². The molecule has 0 radical (unpaired) electrons. The van der Waals surface area contributed by atoms with Gasteiger partial charge in [-0.3, -0.25) is 0 Å². The van der Waals surface area contributed by atoms with Crippen LogP contribution in [0.1, 0.15) is 6.92 Å². The maximum absolute atomic E-state index is 2.29. The van der Waals surface area contributed by atoms with Gasteiger partial charge in [0, 0.05) is 5.92 Å². The van der Waals surface area contributed by atoms with E-state index in [0.717, 1.165) is 5.92 Å². The highest BCUT2D eigenvalue weighted by atomic mass is 33.7. The summed E-state index contributed by atoms with van der Waals surface area (Å²) >= 11 is 0. The van der Waals surface area contributed by atoms with E-state index >= 15 is 0 Å². The Bertz CT molecular complexity index is 120. The first kappa shape index (κ1) is 8.24. The molecule has 52 valence electrons. The molecule has 1 unspecified atom stereocenters. The molecule has 0 N–H and O–H groups in total. The van der Waals surface area contributed by atoms with Gasteiger partial charge in [0.25, 0.3) is 0 Å². The van der Waals surface area contributed by atoms with Gasteiger partial charge < -0.3 is 0 Å². The monoisotopic (exact) mass is 196 g/mol. The molecule has 0 saturated heterocycles. The Kier molecular flexibility index (Phi) is 3.76. The average molecular weight is 196 g/mol. The van der Waals surface area contributed by atoms with Crippen LogP contribution in [0.25, 0.3) is 0 Å². The molecule has 4 heteroatoms. The maximum atomic E-state index is 2.29. The minimum Gasteiger partial charge on any atom is -0.0852 e.